The Morgan fingerprint density at radius 3 is 2.34 bits per heavy atom. The number of amides is 2. The van der Waals surface area contributed by atoms with Crippen LogP contribution in [0.25, 0.3) is 0 Å². The summed E-state index contributed by atoms with van der Waals surface area (Å²) in [5.41, 5.74) is 5.57. The Balaban J connectivity index is 2.22. The molecule has 0 aliphatic rings. The van der Waals surface area contributed by atoms with Gasteiger partial charge in [-0.3, -0.25) is 10.1 Å². The normalized spacial score (nSPS) is 11.1. The molecule has 2 rings (SSSR count). The fourth-order valence-corrected chi connectivity index (χ4v) is 2.63. The molecule has 190 valence electrons. The predicted molar refractivity (Wildman–Crippen MR) is 115 cm³/mol. The van der Waals surface area contributed by atoms with Gasteiger partial charge in [-0.2, -0.15) is 0 Å². The summed E-state index contributed by atoms with van der Waals surface area (Å²) in [5, 5.41) is 1.86. The average Bonchev–Trinajstić information content (AvgIpc) is 2.81. The molecule has 3 N–H and O–H groups in total. The highest BCUT2D eigenvalue weighted by atomic mass is 19.4. The van der Waals surface area contributed by atoms with Crippen LogP contribution in [-0.4, -0.2) is 42.0 Å². The lowest BCUT2D eigenvalue weighted by Gasteiger charge is -2.15. The van der Waals surface area contributed by atoms with Gasteiger partial charge >= 0.3 is 18.4 Å². The summed E-state index contributed by atoms with van der Waals surface area (Å²) in [7, 11) is 0. The van der Waals surface area contributed by atoms with Gasteiger partial charge in [0.1, 0.15) is 18.5 Å². The predicted octanol–water partition coefficient (Wildman–Crippen LogP) is 3.48. The van der Waals surface area contributed by atoms with Crippen molar-refractivity contribution in [2.45, 2.75) is 45.8 Å². The van der Waals surface area contributed by atoms with Crippen LogP contribution in [0.4, 0.5) is 18.0 Å². The number of carbonyl (C=O) groups excluding carboxylic acids is 3. The van der Waals surface area contributed by atoms with Gasteiger partial charge in [0.15, 0.2) is 5.75 Å². The Kier molecular flexibility index (Phi) is 9.82. The monoisotopic (exact) mass is 499 g/mol. The van der Waals surface area contributed by atoms with E-state index in [1.807, 2.05) is 19.2 Å². The van der Waals surface area contributed by atoms with Crippen LogP contribution in [0.5, 0.6) is 17.4 Å². The summed E-state index contributed by atoms with van der Waals surface area (Å²) in [5.74, 6) is -2.43. The zero-order valence-corrected chi connectivity index (χ0v) is 18.9. The highest BCUT2D eigenvalue weighted by molar-refractivity contribution is 5.93. The number of nitrogens with one attached hydrogen (secondary N) is 1. The first-order valence-corrected chi connectivity index (χ1v) is 10.4. The molecule has 2 amide bonds. The number of rotatable bonds is 10. The zero-order valence-electron chi connectivity index (χ0n) is 18.9. The zero-order chi connectivity index (χ0) is 26.0. The van der Waals surface area contributed by atoms with Crippen LogP contribution in [0.2, 0.25) is 0 Å². The Morgan fingerprint density at radius 1 is 1.11 bits per heavy atom. The lowest BCUT2D eigenvalue weighted by molar-refractivity contribution is -0.274. The number of carbonyl (C=O) groups is 3. The molecule has 0 aliphatic heterocycles. The van der Waals surface area contributed by atoms with Gasteiger partial charge in [-0.25, -0.2) is 14.6 Å². The molecule has 0 spiro atoms. The van der Waals surface area contributed by atoms with E-state index < -0.39 is 36.6 Å². The summed E-state index contributed by atoms with van der Waals surface area (Å²) in [6.07, 6.45) is -4.01. The molecule has 0 atom stereocenters. The molecule has 0 saturated carbocycles. The molecule has 1 aromatic carbocycles. The minimum absolute atomic E-state index is 0.00613. The van der Waals surface area contributed by atoms with Crippen LogP contribution < -0.4 is 25.3 Å². The number of hydrogen-bond acceptors (Lipinski definition) is 9. The van der Waals surface area contributed by atoms with Crippen LogP contribution >= 0.6 is 0 Å². The summed E-state index contributed by atoms with van der Waals surface area (Å²) in [4.78, 5) is 39.6. The second-order valence-electron chi connectivity index (χ2n) is 6.99. The number of hydrogen-bond donors (Lipinski definition) is 2. The average molecular weight is 499 g/mol. The van der Waals surface area contributed by atoms with Crippen molar-refractivity contribution < 1.29 is 46.5 Å². The Morgan fingerprint density at radius 2 is 1.77 bits per heavy atom. The fourth-order valence-electron chi connectivity index (χ4n) is 2.63. The van der Waals surface area contributed by atoms with E-state index in [1.54, 1.807) is 0 Å². The number of benzene rings is 1. The van der Waals surface area contributed by atoms with Gasteiger partial charge in [0.25, 0.3) is 5.88 Å². The van der Waals surface area contributed by atoms with Gasteiger partial charge in [0, 0.05) is 12.3 Å². The molecular weight excluding hydrogens is 475 g/mol. The largest absolute Gasteiger partial charge is 0.573 e. The molecule has 0 unspecified atom stereocenters. The van der Waals surface area contributed by atoms with Crippen LogP contribution in [-0.2, 0) is 16.1 Å². The summed E-state index contributed by atoms with van der Waals surface area (Å²) in [6.45, 7) is 3.06. The van der Waals surface area contributed by atoms with Gasteiger partial charge in [-0.05, 0) is 30.5 Å². The van der Waals surface area contributed by atoms with Crippen molar-refractivity contribution in [3.63, 3.8) is 0 Å². The number of aromatic nitrogens is 1. The SMILES string of the molecule is CCC(CC)OC(=O)c1cnc(OC(=O)NC(=O)CN)c(OCc2ccc(OC(F)(F)F)cc2)c1. The first kappa shape index (κ1) is 27.4. The van der Waals surface area contributed by atoms with Crippen LogP contribution in [0.15, 0.2) is 36.5 Å². The second kappa shape index (κ2) is 12.6. The highest BCUT2D eigenvalue weighted by Gasteiger charge is 2.31. The number of alkyl halides is 3. The summed E-state index contributed by atoms with van der Waals surface area (Å²) < 4.78 is 56.7. The van der Waals surface area contributed by atoms with E-state index in [9.17, 15) is 27.6 Å². The van der Waals surface area contributed by atoms with Crippen molar-refractivity contribution in [3.8, 4) is 17.4 Å². The molecule has 0 fully saturated rings. The number of esters is 1. The number of imide groups is 1. The Hall–Kier alpha value is -3.87. The lowest BCUT2D eigenvalue weighted by Crippen LogP contribution is -2.37. The van der Waals surface area contributed by atoms with Gasteiger partial charge in [-0.1, -0.05) is 26.0 Å². The Labute approximate surface area is 198 Å². The second-order valence-corrected chi connectivity index (χ2v) is 6.99. The number of halogens is 3. The van der Waals surface area contributed by atoms with E-state index >= 15 is 0 Å². The first-order valence-electron chi connectivity index (χ1n) is 10.4. The summed E-state index contributed by atoms with van der Waals surface area (Å²) >= 11 is 0. The van der Waals surface area contributed by atoms with Crippen molar-refractivity contribution in [2.24, 2.45) is 5.73 Å². The summed E-state index contributed by atoms with van der Waals surface area (Å²) in [6, 6.07) is 6.07. The van der Waals surface area contributed by atoms with Crippen molar-refractivity contribution in [1.82, 2.24) is 10.3 Å². The third kappa shape index (κ3) is 9.12. The minimum Gasteiger partial charge on any atom is -0.483 e. The van der Waals surface area contributed by atoms with Crippen molar-refractivity contribution in [2.75, 3.05) is 6.54 Å². The maximum Gasteiger partial charge on any atom is 0.573 e. The molecule has 13 heteroatoms. The standard InChI is InChI=1S/C22H24F3N3O7/c1-3-15(4-2)33-20(30)14-9-17(19(27-11-14)34-21(31)28-18(29)10-26)32-12-13-5-7-16(8-6-13)35-22(23,24)25/h5-9,11,15H,3-4,10,12,26H2,1-2H3,(H,28,29,31). The number of nitrogens with two attached hydrogens (primary N) is 1. The molecule has 1 heterocycles. The maximum atomic E-state index is 12.5. The van der Waals surface area contributed by atoms with Crippen molar-refractivity contribution >= 4 is 18.0 Å². The van der Waals surface area contributed by atoms with Crippen molar-refractivity contribution in [3.05, 3.63) is 47.7 Å². The maximum absolute atomic E-state index is 12.5. The van der Waals surface area contributed by atoms with E-state index in [2.05, 4.69) is 9.72 Å². The molecule has 0 bridgehead atoms. The van der Waals surface area contributed by atoms with Crippen LogP contribution in [0.3, 0.4) is 0 Å². The van der Waals surface area contributed by atoms with E-state index in [0.717, 1.165) is 18.3 Å². The molecule has 10 nitrogen and oxygen atoms in total. The molecule has 0 radical (unpaired) electrons. The molecule has 0 aliphatic carbocycles. The highest BCUT2D eigenvalue weighted by Crippen LogP contribution is 2.28. The lowest BCUT2D eigenvalue weighted by atomic mass is 10.2. The van der Waals surface area contributed by atoms with Gasteiger partial charge in [-0.15, -0.1) is 13.2 Å². The Bertz CT molecular complexity index is 1030. The van der Waals surface area contributed by atoms with Gasteiger partial charge in [0.2, 0.25) is 5.91 Å². The minimum atomic E-state index is -4.83. The van der Waals surface area contributed by atoms with Gasteiger partial charge in [0.05, 0.1) is 12.1 Å². The number of ether oxygens (including phenoxy) is 4. The number of pyridine rings is 1. The van der Waals surface area contributed by atoms with Crippen LogP contribution in [0.1, 0.15) is 42.6 Å². The third-order valence-electron chi connectivity index (χ3n) is 4.41. The fraction of sp³-hybridized carbons (Fsp3) is 0.364. The topological polar surface area (TPSA) is 139 Å². The first-order chi connectivity index (χ1) is 16.5. The number of nitrogens with zero attached hydrogens (tertiary/aromatic N) is 1. The molecule has 1 aromatic heterocycles. The van der Waals surface area contributed by atoms with E-state index in [4.69, 9.17) is 19.9 Å². The van der Waals surface area contributed by atoms with Crippen LogP contribution in [0, 0.1) is 0 Å². The van der Waals surface area contributed by atoms with E-state index in [-0.39, 0.29) is 29.9 Å². The molecule has 0 saturated heterocycles. The quantitative estimate of drug-likeness (QED) is 0.470. The molecular formula is C22H24F3N3O7. The van der Waals surface area contributed by atoms with E-state index in [1.165, 1.54) is 18.2 Å². The van der Waals surface area contributed by atoms with Crippen molar-refractivity contribution in [1.29, 1.82) is 0 Å². The van der Waals surface area contributed by atoms with Gasteiger partial charge < -0.3 is 24.7 Å². The smallest absolute Gasteiger partial charge is 0.483 e. The molecule has 35 heavy (non-hydrogen) atoms. The third-order valence-corrected chi connectivity index (χ3v) is 4.41. The van der Waals surface area contributed by atoms with E-state index in [0.29, 0.717) is 18.4 Å². The molecule has 2 aromatic rings.